The van der Waals surface area contributed by atoms with E-state index < -0.39 is 5.60 Å². The summed E-state index contributed by atoms with van der Waals surface area (Å²) in [6.45, 7) is 2.65. The van der Waals surface area contributed by atoms with Crippen LogP contribution in [0, 0.1) is 18.8 Å². The number of carbonyl (C=O) groups excluding carboxylic acids is 1. The smallest absolute Gasteiger partial charge is 0.412 e. The van der Waals surface area contributed by atoms with Crippen molar-refractivity contribution in [3.63, 3.8) is 0 Å². The molecule has 0 aromatic heterocycles. The molecule has 2 aromatic rings. The molecule has 0 atom stereocenters. The highest BCUT2D eigenvalue weighted by atomic mass is 32.2. The Morgan fingerprint density at radius 2 is 1.68 bits per heavy atom. The van der Waals surface area contributed by atoms with E-state index in [2.05, 4.69) is 35.6 Å². The first-order valence-electron chi connectivity index (χ1n) is 14.3. The van der Waals surface area contributed by atoms with E-state index in [1.165, 1.54) is 56.1 Å². The number of anilines is 1. The van der Waals surface area contributed by atoms with Crippen molar-refractivity contribution in [1.29, 1.82) is 0 Å². The topological polar surface area (TPSA) is 69.1 Å². The lowest BCUT2D eigenvalue weighted by atomic mass is 9.62. The van der Waals surface area contributed by atoms with Crippen LogP contribution in [0.1, 0.15) is 88.2 Å². The molecular weight excluding hydrogens is 496 g/mol. The number of nitrogens with zero attached hydrogens (tertiary/aromatic N) is 1. The van der Waals surface area contributed by atoms with E-state index in [0.29, 0.717) is 18.4 Å². The Bertz CT molecular complexity index is 1070. The quantitative estimate of drug-likeness (QED) is 0.142. The van der Waals surface area contributed by atoms with Gasteiger partial charge in [-0.05, 0) is 75.8 Å². The zero-order valence-corrected chi connectivity index (χ0v) is 23.3. The summed E-state index contributed by atoms with van der Waals surface area (Å²) in [4.78, 5) is 13.9. The molecule has 1 N–H and O–H groups in total. The molecule has 0 saturated heterocycles. The minimum absolute atomic E-state index is 0.302. The Morgan fingerprint density at radius 3 is 2.37 bits per heavy atom. The average Bonchev–Trinajstić information content (AvgIpc) is 2.96. The Balaban J connectivity index is 1.22. The zero-order valence-electron chi connectivity index (χ0n) is 22.5. The molecule has 2 aromatic carbocycles. The van der Waals surface area contributed by atoms with Crippen LogP contribution in [-0.2, 0) is 14.6 Å². The Kier molecular flexibility index (Phi) is 9.15. The van der Waals surface area contributed by atoms with E-state index in [9.17, 15) is 4.79 Å². The number of benzene rings is 2. The van der Waals surface area contributed by atoms with Crippen molar-refractivity contribution in [2.75, 3.05) is 11.9 Å². The standard InChI is InChI=1S/C31H40N2O4S/c1-23-14-17-27(18-15-23)38-37-32-20-8-9-21-35-26-16-19-29-28(22-26)31(36-30(34)33-29,24-10-4-2-5-11-24)25-12-6-3-7-13-25/h14-20,22,24-25H,2-13,21H2,1H3,(H,33,34). The molecule has 0 spiro atoms. The fraction of sp³-hybridized carbons (Fsp3) is 0.548. The lowest BCUT2D eigenvalue weighted by molar-refractivity contribution is -0.104. The summed E-state index contributed by atoms with van der Waals surface area (Å²) in [7, 11) is 0. The number of fused-ring (bicyclic) bond motifs is 1. The highest BCUT2D eigenvalue weighted by molar-refractivity contribution is 7.94. The number of ether oxygens (including phenoxy) is 2. The Hall–Kier alpha value is -2.67. The molecule has 2 saturated carbocycles. The monoisotopic (exact) mass is 536 g/mol. The normalized spacial score (nSPS) is 20.0. The SMILES string of the molecule is Cc1ccc(SON=CCCCOc2ccc3c(c2)C(C2CCCCC2)(C2CCCCC2)OC(=O)N3)cc1. The largest absolute Gasteiger partial charge is 0.494 e. The lowest BCUT2D eigenvalue weighted by Gasteiger charge is -2.50. The van der Waals surface area contributed by atoms with Crippen molar-refractivity contribution in [2.24, 2.45) is 17.0 Å². The predicted octanol–water partition coefficient (Wildman–Crippen LogP) is 8.78. The van der Waals surface area contributed by atoms with Gasteiger partial charge in [-0.1, -0.05) is 61.4 Å². The predicted molar refractivity (Wildman–Crippen MR) is 153 cm³/mol. The van der Waals surface area contributed by atoms with Gasteiger partial charge in [0, 0.05) is 23.6 Å². The van der Waals surface area contributed by atoms with Gasteiger partial charge < -0.3 is 13.8 Å². The van der Waals surface area contributed by atoms with E-state index in [1.807, 2.05) is 24.3 Å². The van der Waals surface area contributed by atoms with Gasteiger partial charge in [0.05, 0.1) is 17.2 Å². The average molecular weight is 537 g/mol. The van der Waals surface area contributed by atoms with Gasteiger partial charge in [0.25, 0.3) is 0 Å². The highest BCUT2D eigenvalue weighted by Gasteiger charge is 2.53. The number of amides is 1. The molecule has 1 heterocycles. The molecule has 0 unspecified atom stereocenters. The van der Waals surface area contributed by atoms with Gasteiger partial charge in [-0.15, -0.1) is 0 Å². The van der Waals surface area contributed by atoms with Crippen molar-refractivity contribution in [1.82, 2.24) is 0 Å². The minimum Gasteiger partial charge on any atom is -0.494 e. The third kappa shape index (κ3) is 6.31. The maximum Gasteiger partial charge on any atom is 0.412 e. The Labute approximate surface area is 231 Å². The summed E-state index contributed by atoms with van der Waals surface area (Å²) >= 11 is 1.26. The van der Waals surface area contributed by atoms with Gasteiger partial charge in [-0.25, -0.2) is 4.79 Å². The zero-order chi connectivity index (χ0) is 26.2. The van der Waals surface area contributed by atoms with Gasteiger partial charge in [0.15, 0.2) is 0 Å². The third-order valence-electron chi connectivity index (χ3n) is 8.35. The summed E-state index contributed by atoms with van der Waals surface area (Å²) in [6, 6.07) is 14.3. The maximum absolute atomic E-state index is 12.8. The van der Waals surface area contributed by atoms with Crippen molar-refractivity contribution in [3.05, 3.63) is 53.6 Å². The van der Waals surface area contributed by atoms with Crippen LogP contribution in [-0.4, -0.2) is 18.9 Å². The van der Waals surface area contributed by atoms with Crippen molar-refractivity contribution in [3.8, 4) is 5.75 Å². The summed E-state index contributed by atoms with van der Waals surface area (Å²) in [5.41, 5.74) is 2.69. The van der Waals surface area contributed by atoms with Crippen LogP contribution in [0.4, 0.5) is 10.5 Å². The first kappa shape index (κ1) is 26.9. The highest BCUT2D eigenvalue weighted by Crippen LogP contribution is 2.55. The fourth-order valence-corrected chi connectivity index (χ4v) is 6.94. The lowest BCUT2D eigenvalue weighted by Crippen LogP contribution is -2.51. The van der Waals surface area contributed by atoms with Crippen LogP contribution in [0.2, 0.25) is 0 Å². The van der Waals surface area contributed by atoms with Crippen LogP contribution in [0.5, 0.6) is 5.75 Å². The van der Waals surface area contributed by atoms with E-state index in [0.717, 1.165) is 60.4 Å². The van der Waals surface area contributed by atoms with Crippen LogP contribution in [0.25, 0.3) is 0 Å². The summed E-state index contributed by atoms with van der Waals surface area (Å²) in [6.07, 6.45) is 15.0. The van der Waals surface area contributed by atoms with Crippen LogP contribution < -0.4 is 10.1 Å². The van der Waals surface area contributed by atoms with E-state index in [1.54, 1.807) is 6.21 Å². The second kappa shape index (κ2) is 12.9. The molecular formula is C31H40N2O4S. The third-order valence-corrected chi connectivity index (χ3v) is 8.98. The van der Waals surface area contributed by atoms with Gasteiger partial charge in [0.1, 0.15) is 23.4 Å². The maximum atomic E-state index is 12.8. The summed E-state index contributed by atoms with van der Waals surface area (Å²) < 4.78 is 17.9. The Morgan fingerprint density at radius 1 is 1.00 bits per heavy atom. The molecule has 0 bridgehead atoms. The van der Waals surface area contributed by atoms with Crippen LogP contribution in [0.15, 0.2) is 52.5 Å². The number of unbranched alkanes of at least 4 members (excludes halogenated alkanes) is 1. The molecule has 6 nitrogen and oxygen atoms in total. The second-order valence-electron chi connectivity index (χ2n) is 10.9. The number of carbonyl (C=O) groups is 1. The molecule has 3 aliphatic rings. The van der Waals surface area contributed by atoms with Crippen LogP contribution >= 0.6 is 12.0 Å². The van der Waals surface area contributed by atoms with Crippen molar-refractivity contribution >= 4 is 30.0 Å². The molecule has 1 aliphatic heterocycles. The molecule has 0 radical (unpaired) electrons. The number of oxime groups is 1. The summed E-state index contributed by atoms with van der Waals surface area (Å²) in [5, 5.41) is 7.03. The molecule has 38 heavy (non-hydrogen) atoms. The molecule has 2 aliphatic carbocycles. The molecule has 1 amide bonds. The number of hydrogen-bond donors (Lipinski definition) is 1. The molecule has 5 rings (SSSR count). The van der Waals surface area contributed by atoms with Gasteiger partial charge in [-0.3, -0.25) is 5.32 Å². The van der Waals surface area contributed by atoms with E-state index >= 15 is 0 Å². The fourth-order valence-electron chi connectivity index (χ4n) is 6.50. The minimum atomic E-state index is -0.545. The number of cyclic esters (lactones) is 1. The molecule has 204 valence electrons. The van der Waals surface area contributed by atoms with Gasteiger partial charge in [-0.2, -0.15) is 0 Å². The first-order chi connectivity index (χ1) is 18.6. The number of hydrogen-bond acceptors (Lipinski definition) is 6. The number of nitrogens with one attached hydrogen (secondary N) is 1. The van der Waals surface area contributed by atoms with Gasteiger partial charge >= 0.3 is 6.09 Å². The molecule has 7 heteroatoms. The van der Waals surface area contributed by atoms with E-state index in [4.69, 9.17) is 13.8 Å². The molecule has 2 fully saturated rings. The van der Waals surface area contributed by atoms with Crippen molar-refractivity contribution in [2.45, 2.75) is 94.5 Å². The first-order valence-corrected chi connectivity index (χ1v) is 15.1. The summed E-state index contributed by atoms with van der Waals surface area (Å²) in [5.74, 6) is 1.57. The van der Waals surface area contributed by atoms with Gasteiger partial charge in [0.2, 0.25) is 0 Å². The van der Waals surface area contributed by atoms with E-state index in [-0.39, 0.29) is 6.09 Å². The number of aryl methyl sites for hydroxylation is 1. The second-order valence-corrected chi connectivity index (χ2v) is 11.7. The number of rotatable bonds is 10. The van der Waals surface area contributed by atoms with Crippen LogP contribution in [0.3, 0.4) is 0 Å². The van der Waals surface area contributed by atoms with Crippen molar-refractivity contribution < 1.29 is 18.6 Å².